The van der Waals surface area contributed by atoms with E-state index in [2.05, 4.69) is 36.9 Å². The summed E-state index contributed by atoms with van der Waals surface area (Å²) in [6.07, 6.45) is 0.629. The zero-order chi connectivity index (χ0) is 22.8. The van der Waals surface area contributed by atoms with Crippen molar-refractivity contribution in [2.24, 2.45) is 0 Å². The van der Waals surface area contributed by atoms with Crippen LogP contribution in [0.2, 0.25) is 0 Å². The van der Waals surface area contributed by atoms with E-state index in [0.29, 0.717) is 24.4 Å². The van der Waals surface area contributed by atoms with Crippen LogP contribution < -0.4 is 5.73 Å². The van der Waals surface area contributed by atoms with Crippen molar-refractivity contribution in [1.82, 2.24) is 4.90 Å². The molecule has 0 unspecified atom stereocenters. The van der Waals surface area contributed by atoms with Crippen LogP contribution in [0.1, 0.15) is 47.6 Å². The molecule has 3 aromatic rings. The molecule has 162 valence electrons. The molecule has 0 aromatic heterocycles. The van der Waals surface area contributed by atoms with Gasteiger partial charge in [-0.25, -0.2) is 0 Å². The fourth-order valence-electron chi connectivity index (χ4n) is 4.52. The molecule has 6 heteroatoms. The Morgan fingerprint density at radius 1 is 1.12 bits per heavy atom. The minimum atomic E-state index is -0.446. The molecule has 0 amide bonds. The largest absolute Gasteiger partial charge is 0.392 e. The van der Waals surface area contributed by atoms with Crippen molar-refractivity contribution < 1.29 is 4.92 Å². The van der Waals surface area contributed by atoms with Crippen molar-refractivity contribution in [3.05, 3.63) is 92.5 Å². The topological polar surface area (TPSA) is 96.2 Å². The van der Waals surface area contributed by atoms with Gasteiger partial charge in [-0.2, -0.15) is 5.26 Å². The number of rotatable bonds is 5. The van der Waals surface area contributed by atoms with E-state index >= 15 is 0 Å². The number of nitriles is 1. The number of benzene rings is 3. The summed E-state index contributed by atoms with van der Waals surface area (Å²) in [5.41, 5.74) is 11.6. The van der Waals surface area contributed by atoms with Gasteiger partial charge in [0.1, 0.15) is 11.8 Å². The summed E-state index contributed by atoms with van der Waals surface area (Å²) < 4.78 is 0. The molecule has 4 rings (SSSR count). The first kappa shape index (κ1) is 21.5. The molecule has 3 aromatic carbocycles. The van der Waals surface area contributed by atoms with E-state index in [9.17, 15) is 15.4 Å². The van der Waals surface area contributed by atoms with E-state index in [-0.39, 0.29) is 16.9 Å². The van der Waals surface area contributed by atoms with Gasteiger partial charge in [-0.05, 0) is 40.2 Å². The SMILES string of the molecule is CC(C)c1ccc(-c2c3c(c(C#N)c(N)c2[N+](=O)[O-])CCN(Cc2ccccc2)C3)cc1. The van der Waals surface area contributed by atoms with Crippen LogP contribution in [0.5, 0.6) is 0 Å². The van der Waals surface area contributed by atoms with Gasteiger partial charge in [0.05, 0.1) is 16.1 Å². The van der Waals surface area contributed by atoms with Crippen LogP contribution in [0, 0.1) is 21.4 Å². The van der Waals surface area contributed by atoms with E-state index in [4.69, 9.17) is 5.73 Å². The number of nitro groups is 1. The van der Waals surface area contributed by atoms with Crippen molar-refractivity contribution in [3.63, 3.8) is 0 Å². The Labute approximate surface area is 188 Å². The molecule has 0 aliphatic carbocycles. The molecule has 6 nitrogen and oxygen atoms in total. The molecule has 32 heavy (non-hydrogen) atoms. The second-order valence-electron chi connectivity index (χ2n) is 8.56. The summed E-state index contributed by atoms with van der Waals surface area (Å²) in [6.45, 7) is 6.26. The number of hydrogen-bond donors (Lipinski definition) is 1. The van der Waals surface area contributed by atoms with E-state index < -0.39 is 4.92 Å². The maximum absolute atomic E-state index is 12.1. The lowest BCUT2D eigenvalue weighted by Crippen LogP contribution is -2.31. The molecular weight excluding hydrogens is 400 g/mol. The summed E-state index contributed by atoms with van der Waals surface area (Å²) in [7, 11) is 0. The van der Waals surface area contributed by atoms with E-state index in [1.54, 1.807) is 0 Å². The Morgan fingerprint density at radius 3 is 2.41 bits per heavy atom. The van der Waals surface area contributed by atoms with Crippen LogP contribution in [-0.4, -0.2) is 16.4 Å². The van der Waals surface area contributed by atoms with Crippen molar-refractivity contribution in [2.75, 3.05) is 12.3 Å². The maximum atomic E-state index is 12.1. The van der Waals surface area contributed by atoms with E-state index in [1.807, 2.05) is 42.5 Å². The van der Waals surface area contributed by atoms with Crippen LogP contribution in [0.4, 0.5) is 11.4 Å². The number of nitrogens with two attached hydrogens (primary N) is 1. The van der Waals surface area contributed by atoms with Crippen molar-refractivity contribution >= 4 is 11.4 Å². The van der Waals surface area contributed by atoms with Gasteiger partial charge in [0.2, 0.25) is 0 Å². The third kappa shape index (κ3) is 3.95. The quantitative estimate of drug-likeness (QED) is 0.335. The van der Waals surface area contributed by atoms with Crippen molar-refractivity contribution in [3.8, 4) is 17.2 Å². The highest BCUT2D eigenvalue weighted by Gasteiger charge is 2.33. The summed E-state index contributed by atoms with van der Waals surface area (Å²) >= 11 is 0. The Balaban J connectivity index is 1.87. The zero-order valence-electron chi connectivity index (χ0n) is 18.3. The van der Waals surface area contributed by atoms with Gasteiger partial charge in [-0.15, -0.1) is 0 Å². The van der Waals surface area contributed by atoms with E-state index in [0.717, 1.165) is 35.3 Å². The Bertz CT molecular complexity index is 1200. The molecule has 2 N–H and O–H groups in total. The lowest BCUT2D eigenvalue weighted by Gasteiger charge is -2.31. The Hall–Kier alpha value is -3.69. The lowest BCUT2D eigenvalue weighted by molar-refractivity contribution is -0.383. The van der Waals surface area contributed by atoms with Gasteiger partial charge in [0.15, 0.2) is 0 Å². The average molecular weight is 427 g/mol. The van der Waals surface area contributed by atoms with Crippen molar-refractivity contribution in [2.45, 2.75) is 39.3 Å². The van der Waals surface area contributed by atoms with Crippen LogP contribution in [0.15, 0.2) is 54.6 Å². The molecule has 0 fully saturated rings. The minimum absolute atomic E-state index is 0.0318. The number of nitro benzene ring substituents is 1. The van der Waals surface area contributed by atoms with Gasteiger partial charge in [-0.1, -0.05) is 68.4 Å². The van der Waals surface area contributed by atoms with Crippen LogP contribution in [0.3, 0.4) is 0 Å². The van der Waals surface area contributed by atoms with Gasteiger partial charge in [-0.3, -0.25) is 15.0 Å². The normalized spacial score (nSPS) is 13.6. The van der Waals surface area contributed by atoms with E-state index in [1.165, 1.54) is 5.56 Å². The minimum Gasteiger partial charge on any atom is -0.392 e. The van der Waals surface area contributed by atoms with Crippen LogP contribution >= 0.6 is 0 Å². The number of hydrogen-bond acceptors (Lipinski definition) is 5. The van der Waals surface area contributed by atoms with Crippen molar-refractivity contribution in [1.29, 1.82) is 5.26 Å². The first-order chi connectivity index (χ1) is 15.4. The molecule has 0 spiro atoms. The predicted octanol–water partition coefficient (Wildman–Crippen LogP) is 5.40. The van der Waals surface area contributed by atoms with Gasteiger partial charge >= 0.3 is 5.69 Å². The Morgan fingerprint density at radius 2 is 1.81 bits per heavy atom. The fraction of sp³-hybridized carbons (Fsp3) is 0.269. The highest BCUT2D eigenvalue weighted by Crippen LogP contribution is 2.44. The van der Waals surface area contributed by atoms with Gasteiger partial charge < -0.3 is 5.73 Å². The second kappa shape index (κ2) is 8.81. The fourth-order valence-corrected chi connectivity index (χ4v) is 4.52. The second-order valence-corrected chi connectivity index (χ2v) is 8.56. The summed E-state index contributed by atoms with van der Waals surface area (Å²) in [5, 5.41) is 21.9. The summed E-state index contributed by atoms with van der Waals surface area (Å²) in [6, 6.07) is 20.2. The first-order valence-corrected chi connectivity index (χ1v) is 10.8. The Kier molecular flexibility index (Phi) is 5.93. The number of nitrogen functional groups attached to an aromatic ring is 1. The average Bonchev–Trinajstić information content (AvgIpc) is 2.79. The number of nitrogens with zero attached hydrogens (tertiary/aromatic N) is 3. The standard InChI is InChI=1S/C26H26N4O2/c1-17(2)19-8-10-20(11-9-19)24-23-16-29(15-18-6-4-3-5-7-18)13-12-21(23)22(14-27)25(28)26(24)30(31)32/h3-11,17H,12-13,15-16,28H2,1-2H3. The molecule has 1 aliphatic heterocycles. The monoisotopic (exact) mass is 426 g/mol. The highest BCUT2D eigenvalue weighted by atomic mass is 16.6. The summed E-state index contributed by atoms with van der Waals surface area (Å²) in [4.78, 5) is 13.9. The molecule has 0 saturated carbocycles. The number of fused-ring (bicyclic) bond motifs is 1. The molecule has 0 saturated heterocycles. The molecular formula is C26H26N4O2. The highest BCUT2D eigenvalue weighted by molar-refractivity contribution is 5.89. The van der Waals surface area contributed by atoms with Gasteiger partial charge in [0.25, 0.3) is 0 Å². The lowest BCUT2D eigenvalue weighted by atomic mass is 9.85. The number of anilines is 1. The molecule has 0 bridgehead atoms. The molecule has 0 atom stereocenters. The first-order valence-electron chi connectivity index (χ1n) is 10.8. The van der Waals surface area contributed by atoms with Gasteiger partial charge in [0, 0.05) is 19.6 Å². The van der Waals surface area contributed by atoms with Crippen LogP contribution in [0.25, 0.3) is 11.1 Å². The smallest absolute Gasteiger partial charge is 0.301 e. The molecule has 1 aliphatic rings. The summed E-state index contributed by atoms with van der Waals surface area (Å²) in [5.74, 6) is 0.361. The predicted molar refractivity (Wildman–Crippen MR) is 126 cm³/mol. The molecule has 0 radical (unpaired) electrons. The third-order valence-corrected chi connectivity index (χ3v) is 6.20. The third-order valence-electron chi connectivity index (χ3n) is 6.20. The zero-order valence-corrected chi connectivity index (χ0v) is 18.3. The van der Waals surface area contributed by atoms with Crippen LogP contribution in [-0.2, 0) is 19.5 Å². The molecule has 1 heterocycles. The maximum Gasteiger partial charge on any atom is 0.301 e.